The summed E-state index contributed by atoms with van der Waals surface area (Å²) in [6, 6.07) is -1.55. The third-order valence-corrected chi connectivity index (χ3v) is 8.22. The van der Waals surface area contributed by atoms with E-state index in [1.54, 1.807) is 12.4 Å². The molecule has 0 unspecified atom stereocenters. The molecule has 1 aromatic heterocycles. The summed E-state index contributed by atoms with van der Waals surface area (Å²) in [5.41, 5.74) is 0.759. The molecule has 0 saturated heterocycles. The minimum Gasteiger partial charge on any atom is -0.347 e. The van der Waals surface area contributed by atoms with Crippen molar-refractivity contribution in [1.82, 2.24) is 30.8 Å². The van der Waals surface area contributed by atoms with Gasteiger partial charge in [-0.2, -0.15) is 0 Å². The van der Waals surface area contributed by atoms with Gasteiger partial charge in [-0.1, -0.05) is 39.5 Å². The Balaban J connectivity index is 1.48. The summed E-state index contributed by atoms with van der Waals surface area (Å²) in [6.45, 7) is 11.1. The number of Topliss-reactive ketones (excluding diaryl/α,β-unsaturated/α-hetero) is 1. The number of nitrogens with zero attached hydrogens (tertiary/aromatic N) is 3. The molecule has 2 atom stereocenters. The topological polar surface area (TPSA) is 133 Å². The van der Waals surface area contributed by atoms with Gasteiger partial charge in [-0.25, -0.2) is 9.97 Å². The van der Waals surface area contributed by atoms with Crippen molar-refractivity contribution >= 4 is 23.5 Å². The minimum absolute atomic E-state index is 0.0112. The van der Waals surface area contributed by atoms with Crippen LogP contribution in [0, 0.1) is 23.7 Å². The number of amides is 3. The molecular weight excluding hydrogens is 568 g/mol. The summed E-state index contributed by atoms with van der Waals surface area (Å²) >= 11 is 0. The molecule has 45 heavy (non-hydrogen) atoms. The molecule has 1 aromatic rings. The maximum atomic E-state index is 13.4. The zero-order valence-corrected chi connectivity index (χ0v) is 27.8. The van der Waals surface area contributed by atoms with Gasteiger partial charge in [-0.3, -0.25) is 19.2 Å². The molecule has 0 aromatic carbocycles. The normalized spacial score (nSPS) is 15.6. The standard InChI is InChI=1S/C35H54N6O4/c1-5-19-41(20-6-2)21-11-10-13-29(34(44)38-24-30(42)27-15-16-27)39-35(45)32(25(3)4)40-31(43)14-9-7-8-12-26-22-36-33(37-23-26)28-17-18-28/h22-23,25,27-29,32H,5-7,9-11,13-21,24H2,1-4H3,(H,38,44)(H,39,45)(H,40,43)/t29-,32-/m0/s1. The Morgan fingerprint density at radius 1 is 0.911 bits per heavy atom. The molecule has 0 radical (unpaired) electrons. The second-order valence-corrected chi connectivity index (χ2v) is 12.9. The largest absolute Gasteiger partial charge is 0.347 e. The van der Waals surface area contributed by atoms with E-state index in [9.17, 15) is 19.2 Å². The van der Waals surface area contributed by atoms with E-state index >= 15 is 0 Å². The molecule has 2 aliphatic carbocycles. The average Bonchev–Trinajstić information content (AvgIpc) is 3.93. The number of rotatable bonds is 21. The fraction of sp³-hybridized carbons (Fsp3) is 0.714. The van der Waals surface area contributed by atoms with Gasteiger partial charge in [0, 0.05) is 37.1 Å². The predicted molar refractivity (Wildman–Crippen MR) is 175 cm³/mol. The second-order valence-electron chi connectivity index (χ2n) is 12.9. The fourth-order valence-corrected chi connectivity index (χ4v) is 5.27. The Bertz CT molecular complexity index is 1160. The molecule has 3 rings (SSSR count). The molecule has 2 aliphatic rings. The number of hydrogen-bond acceptors (Lipinski definition) is 7. The summed E-state index contributed by atoms with van der Waals surface area (Å²) < 4.78 is 0. The lowest BCUT2D eigenvalue weighted by atomic mass is 10.0. The highest BCUT2D eigenvalue weighted by molar-refractivity contribution is 5.94. The number of carbonyl (C=O) groups is 4. The Kier molecular flexibility index (Phi) is 15.5. The molecule has 3 N–H and O–H groups in total. The van der Waals surface area contributed by atoms with Crippen LogP contribution in [-0.4, -0.2) is 76.6 Å². The summed E-state index contributed by atoms with van der Waals surface area (Å²) in [4.78, 5) is 62.7. The van der Waals surface area contributed by atoms with Crippen molar-refractivity contribution in [3.05, 3.63) is 23.8 Å². The van der Waals surface area contributed by atoms with E-state index in [2.05, 4.69) is 56.5 Å². The number of ketones is 1. The molecular formula is C35H54N6O4. The maximum absolute atomic E-state index is 13.4. The number of carbonyl (C=O) groups excluding carboxylic acids is 4. The first-order chi connectivity index (χ1) is 21.7. The number of unbranched alkanes of at least 4 members (excludes halogenated alkanes) is 2. The van der Waals surface area contributed by atoms with Crippen LogP contribution in [-0.2, 0) is 19.2 Å². The highest BCUT2D eigenvalue weighted by Gasteiger charge is 2.32. The van der Waals surface area contributed by atoms with Crippen molar-refractivity contribution in [2.24, 2.45) is 11.8 Å². The summed E-state index contributed by atoms with van der Waals surface area (Å²) in [5.74, 6) is 6.46. The van der Waals surface area contributed by atoms with Gasteiger partial charge < -0.3 is 20.9 Å². The van der Waals surface area contributed by atoms with E-state index in [-0.39, 0.29) is 48.3 Å². The Labute approximate surface area is 269 Å². The van der Waals surface area contributed by atoms with Gasteiger partial charge in [0.05, 0.1) is 12.1 Å². The number of aromatic nitrogens is 2. The first-order valence-corrected chi connectivity index (χ1v) is 17.1. The molecule has 2 saturated carbocycles. The molecule has 1 heterocycles. The Hall–Kier alpha value is -3.32. The van der Waals surface area contributed by atoms with E-state index in [1.165, 1.54) is 0 Å². The van der Waals surface area contributed by atoms with Crippen LogP contribution in [0.2, 0.25) is 0 Å². The summed E-state index contributed by atoms with van der Waals surface area (Å²) in [7, 11) is 0. The van der Waals surface area contributed by atoms with Crippen molar-refractivity contribution in [2.45, 2.75) is 123 Å². The summed E-state index contributed by atoms with van der Waals surface area (Å²) in [5, 5.41) is 8.51. The summed E-state index contributed by atoms with van der Waals surface area (Å²) in [6.07, 6.45) is 13.2. The van der Waals surface area contributed by atoms with E-state index < -0.39 is 12.1 Å². The van der Waals surface area contributed by atoms with E-state index in [0.29, 0.717) is 25.2 Å². The third kappa shape index (κ3) is 13.7. The monoisotopic (exact) mass is 622 g/mol. The molecule has 0 bridgehead atoms. The molecule has 10 nitrogen and oxygen atoms in total. The molecule has 248 valence electrons. The molecule has 2 fully saturated rings. The lowest BCUT2D eigenvalue weighted by molar-refractivity contribution is -0.133. The van der Waals surface area contributed by atoms with Gasteiger partial charge >= 0.3 is 0 Å². The lowest BCUT2D eigenvalue weighted by Gasteiger charge is -2.26. The third-order valence-electron chi connectivity index (χ3n) is 8.22. The SMILES string of the molecule is CCCN(CCC)CCCC[C@H](NC(=O)[C@@H](NC(=O)CCCC#Cc1cnc(C2CC2)nc1)C(C)C)C(=O)NCC(=O)C1CC1. The zero-order chi connectivity index (χ0) is 32.6. The van der Waals surface area contributed by atoms with E-state index in [4.69, 9.17) is 0 Å². The van der Waals surface area contributed by atoms with Gasteiger partial charge in [0.2, 0.25) is 17.7 Å². The van der Waals surface area contributed by atoms with Gasteiger partial charge in [-0.15, -0.1) is 0 Å². The van der Waals surface area contributed by atoms with Crippen LogP contribution >= 0.6 is 0 Å². The van der Waals surface area contributed by atoms with Crippen molar-refractivity contribution < 1.29 is 19.2 Å². The number of hydrogen-bond donors (Lipinski definition) is 3. The second kappa shape index (κ2) is 19.3. The van der Waals surface area contributed by atoms with Crippen LogP contribution in [0.4, 0.5) is 0 Å². The van der Waals surface area contributed by atoms with Crippen molar-refractivity contribution in [3.8, 4) is 11.8 Å². The van der Waals surface area contributed by atoms with Gasteiger partial charge in [0.25, 0.3) is 0 Å². The first-order valence-electron chi connectivity index (χ1n) is 17.1. The van der Waals surface area contributed by atoms with Crippen molar-refractivity contribution in [3.63, 3.8) is 0 Å². The van der Waals surface area contributed by atoms with Crippen LogP contribution in [0.5, 0.6) is 0 Å². The average molecular weight is 623 g/mol. The minimum atomic E-state index is -0.779. The van der Waals surface area contributed by atoms with Crippen LogP contribution in [0.25, 0.3) is 0 Å². The van der Waals surface area contributed by atoms with Gasteiger partial charge in [0.15, 0.2) is 5.78 Å². The quantitative estimate of drug-likeness (QED) is 0.140. The van der Waals surface area contributed by atoms with Crippen LogP contribution in [0.1, 0.15) is 122 Å². The number of nitrogens with one attached hydrogen (secondary N) is 3. The van der Waals surface area contributed by atoms with Crippen molar-refractivity contribution in [2.75, 3.05) is 26.2 Å². The Morgan fingerprint density at radius 3 is 2.20 bits per heavy atom. The molecule has 0 spiro atoms. The maximum Gasteiger partial charge on any atom is 0.243 e. The van der Waals surface area contributed by atoms with Crippen LogP contribution < -0.4 is 16.0 Å². The van der Waals surface area contributed by atoms with E-state index in [0.717, 1.165) is 82.4 Å². The fourth-order valence-electron chi connectivity index (χ4n) is 5.27. The van der Waals surface area contributed by atoms with Crippen LogP contribution in [0.3, 0.4) is 0 Å². The molecule has 3 amide bonds. The van der Waals surface area contributed by atoms with Crippen LogP contribution in [0.15, 0.2) is 12.4 Å². The molecule has 0 aliphatic heterocycles. The van der Waals surface area contributed by atoms with Gasteiger partial charge in [-0.05, 0) is 89.8 Å². The van der Waals surface area contributed by atoms with Gasteiger partial charge in [0.1, 0.15) is 17.9 Å². The zero-order valence-electron chi connectivity index (χ0n) is 27.8. The predicted octanol–water partition coefficient (Wildman–Crippen LogP) is 3.89. The Morgan fingerprint density at radius 2 is 1.60 bits per heavy atom. The molecule has 10 heteroatoms. The lowest BCUT2D eigenvalue weighted by Crippen LogP contribution is -2.55. The van der Waals surface area contributed by atoms with Crippen molar-refractivity contribution in [1.29, 1.82) is 0 Å². The highest BCUT2D eigenvalue weighted by atomic mass is 16.2. The first kappa shape index (κ1) is 36.2. The smallest absolute Gasteiger partial charge is 0.243 e. The van der Waals surface area contributed by atoms with E-state index in [1.807, 2.05) is 13.8 Å². The highest BCUT2D eigenvalue weighted by Crippen LogP contribution is 2.37.